The van der Waals surface area contributed by atoms with Crippen molar-refractivity contribution in [3.8, 4) is 0 Å². The Hall–Kier alpha value is -2.36. The van der Waals surface area contributed by atoms with Gasteiger partial charge in [-0.15, -0.1) is 0 Å². The van der Waals surface area contributed by atoms with Crippen LogP contribution in [-0.4, -0.2) is 35.8 Å². The maximum absolute atomic E-state index is 12.5. The number of hydrogen-bond acceptors (Lipinski definition) is 2. The number of carbonyl (C=O) groups is 2. The smallest absolute Gasteiger partial charge is 0.224 e. The third-order valence-electron chi connectivity index (χ3n) is 4.75. The van der Waals surface area contributed by atoms with E-state index >= 15 is 0 Å². The van der Waals surface area contributed by atoms with Gasteiger partial charge in [0.25, 0.3) is 0 Å². The molecule has 1 heterocycles. The van der Waals surface area contributed by atoms with Crippen molar-refractivity contribution >= 4 is 22.6 Å². The van der Waals surface area contributed by atoms with Gasteiger partial charge in [0, 0.05) is 32.5 Å². The molecule has 1 aliphatic rings. The van der Waals surface area contributed by atoms with E-state index in [1.165, 1.54) is 23.3 Å². The van der Waals surface area contributed by atoms with Crippen LogP contribution in [0.1, 0.15) is 31.7 Å². The molecule has 2 amide bonds. The minimum absolute atomic E-state index is 0.0865. The lowest BCUT2D eigenvalue weighted by molar-refractivity contribution is -0.131. The lowest BCUT2D eigenvalue weighted by Crippen LogP contribution is -2.38. The van der Waals surface area contributed by atoms with Gasteiger partial charge in [-0.05, 0) is 35.6 Å². The zero-order valence-corrected chi connectivity index (χ0v) is 14.1. The fraction of sp³-hybridized carbons (Fsp3) is 0.400. The van der Waals surface area contributed by atoms with Crippen molar-refractivity contribution in [2.24, 2.45) is 0 Å². The average Bonchev–Trinajstić information content (AvgIpc) is 3.03. The van der Waals surface area contributed by atoms with Crippen LogP contribution in [0.3, 0.4) is 0 Å². The molecule has 1 atom stereocenters. The van der Waals surface area contributed by atoms with Crippen LogP contribution in [0.15, 0.2) is 42.5 Å². The van der Waals surface area contributed by atoms with Gasteiger partial charge in [-0.3, -0.25) is 9.59 Å². The Morgan fingerprint density at radius 2 is 1.96 bits per heavy atom. The normalized spacial score (nSPS) is 17.2. The Kier molecular flexibility index (Phi) is 5.14. The summed E-state index contributed by atoms with van der Waals surface area (Å²) in [7, 11) is 0. The number of carbonyl (C=O) groups excluding carboxylic acids is 2. The summed E-state index contributed by atoms with van der Waals surface area (Å²) in [6, 6.07) is 15.1. The van der Waals surface area contributed by atoms with E-state index in [9.17, 15) is 9.59 Å². The summed E-state index contributed by atoms with van der Waals surface area (Å²) in [6.07, 6.45) is 3.38. The Bertz CT molecular complexity index is 736. The molecule has 1 fully saturated rings. The van der Waals surface area contributed by atoms with Gasteiger partial charge >= 0.3 is 0 Å². The van der Waals surface area contributed by atoms with Crippen molar-refractivity contribution in [1.29, 1.82) is 0 Å². The summed E-state index contributed by atoms with van der Waals surface area (Å²) >= 11 is 0. The molecule has 0 radical (unpaired) electrons. The molecule has 0 bridgehead atoms. The number of nitrogens with zero attached hydrogens (tertiary/aromatic N) is 1. The summed E-state index contributed by atoms with van der Waals surface area (Å²) in [5, 5.41) is 5.22. The van der Waals surface area contributed by atoms with Gasteiger partial charge < -0.3 is 10.2 Å². The highest BCUT2D eigenvalue weighted by Crippen LogP contribution is 2.26. The van der Waals surface area contributed by atoms with Crippen LogP contribution in [0.5, 0.6) is 0 Å². The molecule has 0 unspecified atom stereocenters. The second kappa shape index (κ2) is 7.47. The Morgan fingerprint density at radius 3 is 2.79 bits per heavy atom. The highest BCUT2D eigenvalue weighted by atomic mass is 16.2. The van der Waals surface area contributed by atoms with E-state index in [1.807, 2.05) is 4.90 Å². The van der Waals surface area contributed by atoms with Gasteiger partial charge in [-0.2, -0.15) is 0 Å². The monoisotopic (exact) mass is 324 g/mol. The van der Waals surface area contributed by atoms with Gasteiger partial charge in [0.1, 0.15) is 0 Å². The summed E-state index contributed by atoms with van der Waals surface area (Å²) in [5.41, 5.74) is 1.31. The Labute approximate surface area is 142 Å². The molecule has 2 aromatic rings. The van der Waals surface area contributed by atoms with Crippen LogP contribution < -0.4 is 5.32 Å². The fourth-order valence-corrected chi connectivity index (χ4v) is 3.59. The molecule has 1 N–H and O–H groups in total. The quantitative estimate of drug-likeness (QED) is 0.919. The van der Waals surface area contributed by atoms with Crippen molar-refractivity contribution in [2.45, 2.75) is 38.6 Å². The first-order valence-electron chi connectivity index (χ1n) is 8.65. The van der Waals surface area contributed by atoms with Gasteiger partial charge in [-0.25, -0.2) is 0 Å². The molecule has 1 aliphatic heterocycles. The Morgan fingerprint density at radius 1 is 1.17 bits per heavy atom. The van der Waals surface area contributed by atoms with Gasteiger partial charge in [0.2, 0.25) is 11.8 Å². The lowest BCUT2D eigenvalue weighted by Gasteiger charge is -2.25. The molecule has 4 nitrogen and oxygen atoms in total. The van der Waals surface area contributed by atoms with Crippen molar-refractivity contribution in [3.63, 3.8) is 0 Å². The van der Waals surface area contributed by atoms with Crippen molar-refractivity contribution in [2.75, 3.05) is 13.1 Å². The minimum atomic E-state index is -0.0865. The number of fused-ring (bicyclic) bond motifs is 1. The molecule has 0 saturated carbocycles. The van der Waals surface area contributed by atoms with E-state index in [1.54, 1.807) is 0 Å². The first-order chi connectivity index (χ1) is 11.6. The largest absolute Gasteiger partial charge is 0.356 e. The summed E-state index contributed by atoms with van der Waals surface area (Å²) in [6.45, 7) is 2.73. The lowest BCUT2D eigenvalue weighted by atomic mass is 9.97. The molecule has 2 aromatic carbocycles. The number of likely N-dealkylation sites (tertiary alicyclic amines) is 1. The minimum Gasteiger partial charge on any atom is -0.356 e. The summed E-state index contributed by atoms with van der Waals surface area (Å²) in [4.78, 5) is 25.4. The van der Waals surface area contributed by atoms with Crippen LogP contribution in [-0.2, 0) is 16.0 Å². The molecule has 3 rings (SSSR count). The number of nitrogens with one attached hydrogen (secondary N) is 1. The Balaban J connectivity index is 1.69. The zero-order chi connectivity index (χ0) is 16.9. The third-order valence-corrected chi connectivity index (χ3v) is 4.75. The molecule has 1 saturated heterocycles. The molecule has 0 aliphatic carbocycles. The molecule has 126 valence electrons. The summed E-state index contributed by atoms with van der Waals surface area (Å²) < 4.78 is 0. The van der Waals surface area contributed by atoms with Crippen molar-refractivity contribution in [3.05, 3.63) is 48.0 Å². The van der Waals surface area contributed by atoms with Crippen LogP contribution in [0.4, 0.5) is 0 Å². The summed E-state index contributed by atoms with van der Waals surface area (Å²) in [5.74, 6) is 0.0583. The maximum atomic E-state index is 12.5. The highest BCUT2D eigenvalue weighted by Gasteiger charge is 2.28. The SMILES string of the molecule is CC(=O)NCCC(=O)N1CCC[C@@H]1Cc1cccc2ccccc12. The molecule has 0 aromatic heterocycles. The molecule has 0 spiro atoms. The van der Waals surface area contributed by atoms with E-state index in [0.29, 0.717) is 13.0 Å². The number of benzene rings is 2. The van der Waals surface area contributed by atoms with Crippen LogP contribution in [0, 0.1) is 0 Å². The predicted octanol–water partition coefficient (Wildman–Crippen LogP) is 2.90. The van der Waals surface area contributed by atoms with E-state index in [-0.39, 0.29) is 17.9 Å². The maximum Gasteiger partial charge on any atom is 0.224 e. The van der Waals surface area contributed by atoms with Crippen LogP contribution in [0.25, 0.3) is 10.8 Å². The molecule has 4 heteroatoms. The van der Waals surface area contributed by atoms with Crippen molar-refractivity contribution in [1.82, 2.24) is 10.2 Å². The standard InChI is InChI=1S/C20H24N2O2/c1-15(23)21-12-11-20(24)22-13-5-9-18(22)14-17-8-4-7-16-6-2-3-10-19(16)17/h2-4,6-8,10,18H,5,9,11-14H2,1H3,(H,21,23)/t18-/m1/s1. The number of rotatable bonds is 5. The predicted molar refractivity (Wildman–Crippen MR) is 95.7 cm³/mol. The van der Waals surface area contributed by atoms with Crippen LogP contribution >= 0.6 is 0 Å². The highest BCUT2D eigenvalue weighted by molar-refractivity contribution is 5.86. The van der Waals surface area contributed by atoms with E-state index < -0.39 is 0 Å². The van der Waals surface area contributed by atoms with E-state index in [0.717, 1.165) is 25.8 Å². The first kappa shape index (κ1) is 16.5. The van der Waals surface area contributed by atoms with Gasteiger partial charge in [0.15, 0.2) is 0 Å². The van der Waals surface area contributed by atoms with Crippen LogP contribution in [0.2, 0.25) is 0 Å². The van der Waals surface area contributed by atoms with Gasteiger partial charge in [-0.1, -0.05) is 42.5 Å². The molecular formula is C20H24N2O2. The number of amides is 2. The van der Waals surface area contributed by atoms with Gasteiger partial charge in [0.05, 0.1) is 0 Å². The first-order valence-corrected chi connectivity index (χ1v) is 8.65. The molecular weight excluding hydrogens is 300 g/mol. The number of hydrogen-bond donors (Lipinski definition) is 1. The topological polar surface area (TPSA) is 49.4 Å². The second-order valence-electron chi connectivity index (χ2n) is 6.46. The fourth-order valence-electron chi connectivity index (χ4n) is 3.59. The molecule has 24 heavy (non-hydrogen) atoms. The third kappa shape index (κ3) is 3.75. The second-order valence-corrected chi connectivity index (χ2v) is 6.46. The average molecular weight is 324 g/mol. The van der Waals surface area contributed by atoms with E-state index in [4.69, 9.17) is 0 Å². The van der Waals surface area contributed by atoms with E-state index in [2.05, 4.69) is 47.8 Å². The van der Waals surface area contributed by atoms with Crippen molar-refractivity contribution < 1.29 is 9.59 Å². The zero-order valence-electron chi connectivity index (χ0n) is 14.1.